The molecular weight excluding hydrogens is 214 g/mol. The van der Waals surface area contributed by atoms with Crippen LogP contribution in [0.5, 0.6) is 0 Å². The van der Waals surface area contributed by atoms with E-state index in [2.05, 4.69) is 37.7 Å². The first-order valence-corrected chi connectivity index (χ1v) is 6.46. The number of nitrogens with zero attached hydrogens (tertiary/aromatic N) is 1. The van der Waals surface area contributed by atoms with Gasteiger partial charge in [0.05, 0.1) is 18.3 Å². The fourth-order valence-corrected chi connectivity index (χ4v) is 2.31. The van der Waals surface area contributed by atoms with Gasteiger partial charge in [0, 0.05) is 24.5 Å². The van der Waals surface area contributed by atoms with Gasteiger partial charge in [-0.25, -0.2) is 0 Å². The predicted molar refractivity (Wildman–Crippen MR) is 68.0 cm³/mol. The van der Waals surface area contributed by atoms with Crippen molar-refractivity contribution in [1.82, 2.24) is 4.57 Å². The van der Waals surface area contributed by atoms with Crippen molar-refractivity contribution in [1.29, 1.82) is 0 Å². The van der Waals surface area contributed by atoms with Gasteiger partial charge in [-0.3, -0.25) is 0 Å². The van der Waals surface area contributed by atoms with E-state index < -0.39 is 0 Å². The number of hydrogen-bond acceptors (Lipinski definition) is 2. The van der Waals surface area contributed by atoms with Gasteiger partial charge in [0.25, 0.3) is 0 Å². The summed E-state index contributed by atoms with van der Waals surface area (Å²) in [4.78, 5) is 0. The molecule has 0 saturated heterocycles. The summed E-state index contributed by atoms with van der Waals surface area (Å²) in [5, 5.41) is 9.88. The fraction of sp³-hybridized carbons (Fsp3) is 0.714. The molecule has 0 radical (unpaired) electrons. The molecule has 3 nitrogen and oxygen atoms in total. The van der Waals surface area contributed by atoms with Gasteiger partial charge in [0.1, 0.15) is 0 Å². The van der Waals surface area contributed by atoms with E-state index in [1.807, 2.05) is 0 Å². The zero-order valence-electron chi connectivity index (χ0n) is 11.1. The highest BCUT2D eigenvalue weighted by Gasteiger charge is 2.19. The third-order valence-corrected chi connectivity index (χ3v) is 3.16. The highest BCUT2D eigenvalue weighted by Crippen LogP contribution is 2.30. The molecule has 17 heavy (non-hydrogen) atoms. The van der Waals surface area contributed by atoms with E-state index in [-0.39, 0.29) is 11.7 Å². The maximum atomic E-state index is 9.88. The number of aromatic nitrogens is 1. The molecule has 3 heteroatoms. The number of aliphatic hydroxyl groups excluding tert-OH is 1. The number of aliphatic hydroxyl groups is 1. The molecule has 1 aromatic heterocycles. The van der Waals surface area contributed by atoms with Crippen molar-refractivity contribution in [2.45, 2.75) is 58.3 Å². The Balaban J connectivity index is 1.94. The Morgan fingerprint density at radius 2 is 2.18 bits per heavy atom. The van der Waals surface area contributed by atoms with Crippen molar-refractivity contribution in [2.24, 2.45) is 0 Å². The van der Waals surface area contributed by atoms with Crippen molar-refractivity contribution >= 4 is 0 Å². The number of aryl methyl sites for hydroxylation is 1. The summed E-state index contributed by atoms with van der Waals surface area (Å²) >= 11 is 0. The van der Waals surface area contributed by atoms with Crippen molar-refractivity contribution in [2.75, 3.05) is 6.61 Å². The van der Waals surface area contributed by atoms with E-state index in [9.17, 15) is 5.11 Å². The second-order valence-corrected chi connectivity index (χ2v) is 5.85. The van der Waals surface area contributed by atoms with Gasteiger partial charge in [0.15, 0.2) is 0 Å². The minimum atomic E-state index is -0.261. The number of hydrogen-bond donors (Lipinski definition) is 1. The Morgan fingerprint density at radius 1 is 1.41 bits per heavy atom. The normalized spacial score (nSPS) is 20.4. The van der Waals surface area contributed by atoms with Crippen molar-refractivity contribution < 1.29 is 9.84 Å². The van der Waals surface area contributed by atoms with E-state index in [1.165, 1.54) is 5.56 Å². The Bertz CT molecular complexity index is 376. The molecule has 1 atom stereocenters. The molecule has 1 aromatic rings. The average molecular weight is 237 g/mol. The van der Waals surface area contributed by atoms with Gasteiger partial charge < -0.3 is 14.4 Å². The Hall–Kier alpha value is -0.800. The number of fused-ring (bicyclic) bond motifs is 1. The molecule has 2 rings (SSSR count). The van der Waals surface area contributed by atoms with Crippen LogP contribution in [0.2, 0.25) is 0 Å². The van der Waals surface area contributed by atoms with Crippen LogP contribution in [0.15, 0.2) is 12.4 Å². The molecule has 1 heterocycles. The molecule has 1 aliphatic carbocycles. The minimum Gasteiger partial charge on any atom is -0.388 e. The average Bonchev–Trinajstić information content (AvgIpc) is 2.60. The predicted octanol–water partition coefficient (Wildman–Crippen LogP) is 2.67. The monoisotopic (exact) mass is 237 g/mol. The lowest BCUT2D eigenvalue weighted by atomic mass is 9.93. The SMILES string of the molecule is CC(C)(C)OCCn1cc2c(c1)C(O)CCC2. The first-order chi connectivity index (χ1) is 7.96. The van der Waals surface area contributed by atoms with Crippen LogP contribution in [-0.4, -0.2) is 21.9 Å². The number of rotatable bonds is 3. The largest absolute Gasteiger partial charge is 0.388 e. The van der Waals surface area contributed by atoms with Gasteiger partial charge in [-0.15, -0.1) is 0 Å². The van der Waals surface area contributed by atoms with Crippen molar-refractivity contribution in [3.63, 3.8) is 0 Å². The standard InChI is InChI=1S/C14H23NO2/c1-14(2,3)17-8-7-15-9-11-5-4-6-13(16)12(11)10-15/h9-10,13,16H,4-8H2,1-3H3. The maximum absolute atomic E-state index is 9.88. The molecule has 0 fully saturated rings. The summed E-state index contributed by atoms with van der Waals surface area (Å²) < 4.78 is 7.85. The van der Waals surface area contributed by atoms with Crippen molar-refractivity contribution in [3.05, 3.63) is 23.5 Å². The summed E-state index contributed by atoms with van der Waals surface area (Å²) in [6, 6.07) is 0. The molecule has 0 aromatic carbocycles. The fourth-order valence-electron chi connectivity index (χ4n) is 2.31. The highest BCUT2D eigenvalue weighted by atomic mass is 16.5. The van der Waals surface area contributed by atoms with E-state index in [0.29, 0.717) is 6.61 Å². The van der Waals surface area contributed by atoms with Crippen LogP contribution in [-0.2, 0) is 17.7 Å². The zero-order valence-corrected chi connectivity index (χ0v) is 11.1. The van der Waals surface area contributed by atoms with E-state index in [1.54, 1.807) is 0 Å². The topological polar surface area (TPSA) is 34.4 Å². The van der Waals surface area contributed by atoms with E-state index in [4.69, 9.17) is 4.74 Å². The van der Waals surface area contributed by atoms with Gasteiger partial charge in [-0.05, 0) is 45.6 Å². The molecule has 0 amide bonds. The second kappa shape index (κ2) is 4.83. The molecule has 1 aliphatic rings. The molecule has 0 spiro atoms. The number of ether oxygens (including phenoxy) is 1. The van der Waals surface area contributed by atoms with Crippen LogP contribution in [0, 0.1) is 0 Å². The second-order valence-electron chi connectivity index (χ2n) is 5.85. The third-order valence-electron chi connectivity index (χ3n) is 3.16. The van der Waals surface area contributed by atoms with Gasteiger partial charge in [-0.1, -0.05) is 0 Å². The quantitative estimate of drug-likeness (QED) is 0.877. The first kappa shape index (κ1) is 12.7. The Kier molecular flexibility index (Phi) is 3.59. The van der Waals surface area contributed by atoms with Crippen LogP contribution in [0.25, 0.3) is 0 Å². The first-order valence-electron chi connectivity index (χ1n) is 6.46. The van der Waals surface area contributed by atoms with Crippen LogP contribution in [0.1, 0.15) is 50.8 Å². The van der Waals surface area contributed by atoms with Gasteiger partial charge in [-0.2, -0.15) is 0 Å². The smallest absolute Gasteiger partial charge is 0.0807 e. The maximum Gasteiger partial charge on any atom is 0.0807 e. The van der Waals surface area contributed by atoms with Gasteiger partial charge >= 0.3 is 0 Å². The molecule has 0 saturated carbocycles. The lowest BCUT2D eigenvalue weighted by Gasteiger charge is -2.19. The summed E-state index contributed by atoms with van der Waals surface area (Å²) in [6.45, 7) is 7.77. The zero-order chi connectivity index (χ0) is 12.5. The lowest BCUT2D eigenvalue weighted by molar-refractivity contribution is -0.00682. The Labute approximate surface area is 103 Å². The van der Waals surface area contributed by atoms with Crippen LogP contribution < -0.4 is 0 Å². The lowest BCUT2D eigenvalue weighted by Crippen LogP contribution is -2.21. The van der Waals surface area contributed by atoms with E-state index in [0.717, 1.165) is 31.4 Å². The molecule has 0 aliphatic heterocycles. The minimum absolute atomic E-state index is 0.0771. The molecular formula is C14H23NO2. The molecule has 1 N–H and O–H groups in total. The van der Waals surface area contributed by atoms with Crippen LogP contribution in [0.4, 0.5) is 0 Å². The summed E-state index contributed by atoms with van der Waals surface area (Å²) in [5.74, 6) is 0. The third kappa shape index (κ3) is 3.33. The molecule has 0 bridgehead atoms. The summed E-state index contributed by atoms with van der Waals surface area (Å²) in [5.41, 5.74) is 2.35. The van der Waals surface area contributed by atoms with Gasteiger partial charge in [0.2, 0.25) is 0 Å². The molecule has 96 valence electrons. The van der Waals surface area contributed by atoms with E-state index >= 15 is 0 Å². The Morgan fingerprint density at radius 3 is 2.82 bits per heavy atom. The molecule has 1 unspecified atom stereocenters. The van der Waals surface area contributed by atoms with Crippen molar-refractivity contribution in [3.8, 4) is 0 Å². The highest BCUT2D eigenvalue weighted by molar-refractivity contribution is 5.28. The van der Waals surface area contributed by atoms with Crippen LogP contribution >= 0.6 is 0 Å². The summed E-state index contributed by atoms with van der Waals surface area (Å²) in [7, 11) is 0. The van der Waals surface area contributed by atoms with Crippen LogP contribution in [0.3, 0.4) is 0 Å². The summed E-state index contributed by atoms with van der Waals surface area (Å²) in [6.07, 6.45) is 7.06.